The van der Waals surface area contributed by atoms with Gasteiger partial charge in [0.1, 0.15) is 0 Å². The zero-order valence-electron chi connectivity index (χ0n) is 20.3. The van der Waals surface area contributed by atoms with Crippen LogP contribution in [0.3, 0.4) is 0 Å². The maximum Gasteiger partial charge on any atom is 0.323 e. The average molecular weight is 525 g/mol. The van der Waals surface area contributed by atoms with Gasteiger partial charge in [0.15, 0.2) is 0 Å². The van der Waals surface area contributed by atoms with Crippen LogP contribution in [0.25, 0.3) is 0 Å². The molecule has 0 aliphatic carbocycles. The molecule has 3 amide bonds. The average Bonchev–Trinajstić information content (AvgIpc) is 2.81. The number of anilines is 3. The molecule has 194 valence electrons. The van der Waals surface area contributed by atoms with Crippen molar-refractivity contribution in [3.05, 3.63) is 83.9 Å². The molecule has 1 unspecified atom stereocenters. The third-order valence-corrected chi connectivity index (χ3v) is 6.82. The van der Waals surface area contributed by atoms with Crippen LogP contribution in [-0.2, 0) is 26.0 Å². The normalized spacial score (nSPS) is 11.8. The lowest BCUT2D eigenvalue weighted by Gasteiger charge is -2.13. The molecule has 0 spiro atoms. The molecule has 3 rings (SSSR count). The van der Waals surface area contributed by atoms with E-state index in [1.54, 1.807) is 36.4 Å². The van der Waals surface area contributed by atoms with Crippen molar-refractivity contribution in [1.29, 1.82) is 0 Å². The molecule has 0 saturated carbocycles. The van der Waals surface area contributed by atoms with Crippen LogP contribution in [0.1, 0.15) is 24.5 Å². The van der Waals surface area contributed by atoms with Crippen molar-refractivity contribution in [3.63, 3.8) is 0 Å². The zero-order valence-corrected chi connectivity index (χ0v) is 21.1. The SMILES string of the molecule is Cc1ccccc1NC(=O)Nc1ccc(CC(=O)Nc2cccc(S(=O)(=O)NC(C)CC(=O)O)c2)cc1. The fourth-order valence-electron chi connectivity index (χ4n) is 3.47. The highest BCUT2D eigenvalue weighted by Gasteiger charge is 2.19. The van der Waals surface area contributed by atoms with Gasteiger partial charge < -0.3 is 21.1 Å². The lowest BCUT2D eigenvalue weighted by molar-refractivity contribution is -0.137. The molecule has 0 aliphatic heterocycles. The van der Waals surface area contributed by atoms with Crippen LogP contribution < -0.4 is 20.7 Å². The molecule has 11 heteroatoms. The Balaban J connectivity index is 1.56. The first kappa shape index (κ1) is 27.4. The van der Waals surface area contributed by atoms with Crippen molar-refractivity contribution in [2.45, 2.75) is 37.6 Å². The molecule has 0 bridgehead atoms. The topological polar surface area (TPSA) is 154 Å². The predicted molar refractivity (Wildman–Crippen MR) is 141 cm³/mol. The van der Waals surface area contributed by atoms with Crippen molar-refractivity contribution < 1.29 is 27.9 Å². The van der Waals surface area contributed by atoms with Gasteiger partial charge in [-0.1, -0.05) is 36.4 Å². The maximum absolute atomic E-state index is 12.5. The smallest absolute Gasteiger partial charge is 0.323 e. The highest BCUT2D eigenvalue weighted by atomic mass is 32.2. The van der Waals surface area contributed by atoms with Gasteiger partial charge >= 0.3 is 12.0 Å². The van der Waals surface area contributed by atoms with Gasteiger partial charge in [0.25, 0.3) is 0 Å². The molecule has 0 heterocycles. The number of hydrogen-bond acceptors (Lipinski definition) is 5. The molecule has 3 aromatic rings. The van der Waals surface area contributed by atoms with Crippen LogP contribution in [0.5, 0.6) is 0 Å². The standard InChI is InChI=1S/C26H28N4O6S/c1-17-6-3-4-9-23(17)29-26(34)28-20-12-10-19(11-13-20)15-24(31)27-21-7-5-8-22(16-21)37(35,36)30-18(2)14-25(32)33/h3-13,16,18,30H,14-15H2,1-2H3,(H,27,31)(H,32,33)(H2,28,29,34). The molecule has 0 radical (unpaired) electrons. The Kier molecular flexibility index (Phi) is 8.99. The summed E-state index contributed by atoms with van der Waals surface area (Å²) in [4.78, 5) is 35.5. The van der Waals surface area contributed by atoms with Gasteiger partial charge in [-0.3, -0.25) is 9.59 Å². The minimum Gasteiger partial charge on any atom is -0.481 e. The van der Waals surface area contributed by atoms with Crippen molar-refractivity contribution in [3.8, 4) is 0 Å². The molecule has 5 N–H and O–H groups in total. The highest BCUT2D eigenvalue weighted by molar-refractivity contribution is 7.89. The van der Waals surface area contributed by atoms with Crippen molar-refractivity contribution in [2.75, 3.05) is 16.0 Å². The van der Waals surface area contributed by atoms with Gasteiger partial charge in [0.2, 0.25) is 15.9 Å². The van der Waals surface area contributed by atoms with Crippen LogP contribution in [0, 0.1) is 6.92 Å². The van der Waals surface area contributed by atoms with Gasteiger partial charge in [0.05, 0.1) is 17.7 Å². The Bertz CT molecular complexity index is 1390. The largest absolute Gasteiger partial charge is 0.481 e. The first-order valence-corrected chi connectivity index (χ1v) is 12.9. The molecular weight excluding hydrogens is 496 g/mol. The van der Waals surface area contributed by atoms with E-state index in [2.05, 4.69) is 20.7 Å². The van der Waals surface area contributed by atoms with Gasteiger partial charge in [-0.15, -0.1) is 0 Å². The van der Waals surface area contributed by atoms with E-state index in [0.717, 1.165) is 5.56 Å². The van der Waals surface area contributed by atoms with Crippen molar-refractivity contribution in [1.82, 2.24) is 4.72 Å². The lowest BCUT2D eigenvalue weighted by Crippen LogP contribution is -2.34. The Morgan fingerprint density at radius 3 is 2.24 bits per heavy atom. The van der Waals surface area contributed by atoms with Gasteiger partial charge in [-0.05, 0) is 61.4 Å². The number of urea groups is 1. The lowest BCUT2D eigenvalue weighted by atomic mass is 10.1. The Labute approximate surface area is 215 Å². The second kappa shape index (κ2) is 12.2. The Morgan fingerprint density at radius 2 is 1.57 bits per heavy atom. The number of aryl methyl sites for hydroxylation is 1. The number of para-hydroxylation sites is 1. The molecule has 0 fully saturated rings. The predicted octanol–water partition coefficient (Wildman–Crippen LogP) is 3.96. The van der Waals surface area contributed by atoms with E-state index in [1.165, 1.54) is 25.1 Å². The summed E-state index contributed by atoms with van der Waals surface area (Å²) in [7, 11) is -3.96. The van der Waals surface area contributed by atoms with Crippen LogP contribution in [0.15, 0.2) is 77.7 Å². The molecule has 0 aliphatic rings. The molecule has 10 nitrogen and oxygen atoms in total. The number of benzene rings is 3. The zero-order chi connectivity index (χ0) is 27.0. The quantitative estimate of drug-likeness (QED) is 0.271. The molecule has 0 saturated heterocycles. The van der Waals surface area contributed by atoms with Crippen LogP contribution in [0.2, 0.25) is 0 Å². The summed E-state index contributed by atoms with van der Waals surface area (Å²) in [5.41, 5.74) is 3.17. The molecule has 0 aromatic heterocycles. The van der Waals surface area contributed by atoms with E-state index in [1.807, 2.05) is 25.1 Å². The van der Waals surface area contributed by atoms with E-state index in [9.17, 15) is 22.8 Å². The molecular formula is C26H28N4O6S. The number of nitrogens with one attached hydrogen (secondary N) is 4. The van der Waals surface area contributed by atoms with Gasteiger partial charge in [-0.2, -0.15) is 0 Å². The number of carbonyl (C=O) groups excluding carboxylic acids is 2. The summed E-state index contributed by atoms with van der Waals surface area (Å²) >= 11 is 0. The monoisotopic (exact) mass is 524 g/mol. The molecule has 37 heavy (non-hydrogen) atoms. The number of sulfonamides is 1. The van der Waals surface area contributed by atoms with Crippen molar-refractivity contribution >= 4 is 45.0 Å². The van der Waals surface area contributed by atoms with Gasteiger partial charge in [-0.25, -0.2) is 17.9 Å². The first-order chi connectivity index (χ1) is 17.5. The second-order valence-corrected chi connectivity index (χ2v) is 10.2. The van der Waals surface area contributed by atoms with E-state index in [-0.39, 0.29) is 35.4 Å². The number of rotatable bonds is 10. The number of amides is 3. The summed E-state index contributed by atoms with van der Waals surface area (Å²) < 4.78 is 27.4. The summed E-state index contributed by atoms with van der Waals surface area (Å²) in [6.45, 7) is 3.35. The minimum atomic E-state index is -3.96. The molecule has 3 aromatic carbocycles. The fourth-order valence-corrected chi connectivity index (χ4v) is 4.76. The number of carboxylic acid groups (broad SMARTS) is 1. The number of aliphatic carboxylic acids is 1. The van der Waals surface area contributed by atoms with E-state index < -0.39 is 22.0 Å². The summed E-state index contributed by atoms with van der Waals surface area (Å²) in [6.07, 6.45) is -0.331. The fraction of sp³-hybridized carbons (Fsp3) is 0.192. The third kappa shape index (κ3) is 8.44. The van der Waals surface area contributed by atoms with E-state index in [0.29, 0.717) is 16.9 Å². The van der Waals surface area contributed by atoms with Gasteiger partial charge in [0, 0.05) is 23.1 Å². The number of carbonyl (C=O) groups is 3. The minimum absolute atomic E-state index is 0.0283. The van der Waals surface area contributed by atoms with E-state index in [4.69, 9.17) is 5.11 Å². The van der Waals surface area contributed by atoms with E-state index >= 15 is 0 Å². The molecule has 1 atom stereocenters. The first-order valence-electron chi connectivity index (χ1n) is 11.4. The number of hydrogen-bond donors (Lipinski definition) is 5. The maximum atomic E-state index is 12.5. The Hall–Kier alpha value is -4.22. The Morgan fingerprint density at radius 1 is 0.865 bits per heavy atom. The summed E-state index contributed by atoms with van der Waals surface area (Å²) in [5, 5.41) is 17.0. The highest BCUT2D eigenvalue weighted by Crippen LogP contribution is 2.18. The summed E-state index contributed by atoms with van der Waals surface area (Å²) in [5.74, 6) is -1.48. The summed E-state index contributed by atoms with van der Waals surface area (Å²) in [6, 6.07) is 18.7. The van der Waals surface area contributed by atoms with Crippen LogP contribution in [-0.4, -0.2) is 37.5 Å². The number of carboxylic acids is 1. The van der Waals surface area contributed by atoms with Crippen molar-refractivity contribution in [2.24, 2.45) is 0 Å². The second-order valence-electron chi connectivity index (χ2n) is 8.46. The van der Waals surface area contributed by atoms with Crippen LogP contribution >= 0.6 is 0 Å². The third-order valence-electron chi connectivity index (χ3n) is 5.23. The van der Waals surface area contributed by atoms with Crippen LogP contribution in [0.4, 0.5) is 21.9 Å².